The molecule has 112 valence electrons. The highest BCUT2D eigenvalue weighted by atomic mass is 19.1. The van der Waals surface area contributed by atoms with Gasteiger partial charge in [0.2, 0.25) is 0 Å². The summed E-state index contributed by atoms with van der Waals surface area (Å²) in [6.07, 6.45) is 1.18. The number of amides is 1. The molecule has 5 nitrogen and oxygen atoms in total. The molecule has 0 fully saturated rings. The van der Waals surface area contributed by atoms with Gasteiger partial charge in [0, 0.05) is 25.4 Å². The van der Waals surface area contributed by atoms with Crippen LogP contribution >= 0.6 is 0 Å². The molecular weight excluding hydrogens is 273 g/mol. The molecule has 2 N–H and O–H groups in total. The van der Waals surface area contributed by atoms with Gasteiger partial charge in [0.05, 0.1) is 17.4 Å². The van der Waals surface area contributed by atoms with Gasteiger partial charge in [-0.25, -0.2) is 4.39 Å². The van der Waals surface area contributed by atoms with E-state index in [1.807, 2.05) is 6.92 Å². The average molecular weight is 291 g/mol. The largest absolute Gasteiger partial charge is 0.386 e. The van der Waals surface area contributed by atoms with Gasteiger partial charge in [0.25, 0.3) is 5.91 Å². The average Bonchev–Trinajstić information content (AvgIpc) is 2.86. The molecule has 2 aromatic rings. The monoisotopic (exact) mass is 291 g/mol. The second kappa shape index (κ2) is 6.49. The van der Waals surface area contributed by atoms with E-state index in [2.05, 4.69) is 10.4 Å². The van der Waals surface area contributed by atoms with Crippen LogP contribution in [0.15, 0.2) is 30.5 Å². The van der Waals surface area contributed by atoms with Crippen LogP contribution in [0, 0.1) is 5.82 Å². The van der Waals surface area contributed by atoms with Gasteiger partial charge < -0.3 is 10.4 Å². The molecule has 1 amide bonds. The minimum absolute atomic E-state index is 0.0577. The van der Waals surface area contributed by atoms with Gasteiger partial charge in [-0.15, -0.1) is 0 Å². The summed E-state index contributed by atoms with van der Waals surface area (Å²) in [5.41, 5.74) is 1.33. The van der Waals surface area contributed by atoms with Crippen LogP contribution < -0.4 is 5.32 Å². The predicted molar refractivity (Wildman–Crippen MR) is 76.3 cm³/mol. The first-order valence-corrected chi connectivity index (χ1v) is 6.76. The fraction of sp³-hybridized carbons (Fsp3) is 0.333. The third-order valence-electron chi connectivity index (χ3n) is 3.20. The summed E-state index contributed by atoms with van der Waals surface area (Å²) in [4.78, 5) is 12.1. The quantitative estimate of drug-likeness (QED) is 0.879. The second-order valence-electron chi connectivity index (χ2n) is 4.76. The number of nitrogens with zero attached hydrogens (tertiary/aromatic N) is 2. The van der Waals surface area contributed by atoms with Crippen LogP contribution in [0.1, 0.15) is 34.6 Å². The van der Waals surface area contributed by atoms with E-state index in [0.717, 1.165) is 0 Å². The van der Waals surface area contributed by atoms with Gasteiger partial charge in [-0.2, -0.15) is 5.10 Å². The van der Waals surface area contributed by atoms with Crippen molar-refractivity contribution in [2.75, 3.05) is 6.54 Å². The Labute approximate surface area is 122 Å². The molecule has 1 aromatic heterocycles. The van der Waals surface area contributed by atoms with Gasteiger partial charge in [0.1, 0.15) is 5.82 Å². The molecule has 2 rings (SSSR count). The number of aromatic nitrogens is 2. The first-order valence-electron chi connectivity index (χ1n) is 6.76. The van der Waals surface area contributed by atoms with Crippen LogP contribution in [0.2, 0.25) is 0 Å². The second-order valence-corrected chi connectivity index (χ2v) is 4.76. The van der Waals surface area contributed by atoms with E-state index in [9.17, 15) is 14.3 Å². The van der Waals surface area contributed by atoms with E-state index in [0.29, 0.717) is 17.7 Å². The van der Waals surface area contributed by atoms with E-state index in [1.165, 1.54) is 12.1 Å². The Morgan fingerprint density at radius 2 is 2.19 bits per heavy atom. The molecule has 1 heterocycles. The van der Waals surface area contributed by atoms with E-state index >= 15 is 0 Å². The zero-order chi connectivity index (χ0) is 15.4. The van der Waals surface area contributed by atoms with Crippen molar-refractivity contribution in [1.82, 2.24) is 15.1 Å². The number of benzene rings is 1. The zero-order valence-corrected chi connectivity index (χ0v) is 12.0. The summed E-state index contributed by atoms with van der Waals surface area (Å²) in [6, 6.07) is 5.96. The molecule has 0 aliphatic heterocycles. The minimum atomic E-state index is -1.09. The van der Waals surface area contributed by atoms with E-state index in [1.54, 1.807) is 30.1 Å². The van der Waals surface area contributed by atoms with Crippen LogP contribution in [0.4, 0.5) is 4.39 Å². The third-order valence-corrected chi connectivity index (χ3v) is 3.20. The van der Waals surface area contributed by atoms with Crippen molar-refractivity contribution in [3.05, 3.63) is 53.1 Å². The van der Waals surface area contributed by atoms with Crippen LogP contribution in [0.25, 0.3) is 0 Å². The van der Waals surface area contributed by atoms with Crippen molar-refractivity contribution in [2.24, 2.45) is 7.05 Å². The molecule has 6 heteroatoms. The molecule has 0 saturated heterocycles. The number of aliphatic hydroxyl groups excluding tert-OH is 1. The Morgan fingerprint density at radius 3 is 2.86 bits per heavy atom. The lowest BCUT2D eigenvalue weighted by Gasteiger charge is -2.12. The standard InChI is InChI=1S/C15H18FN3O2/c1-3-13-11(9-19(2)18-13)15(21)17-8-14(20)10-6-4-5-7-12(10)16/h4-7,9,14,20H,3,8H2,1-2H3,(H,17,21). The van der Waals surface area contributed by atoms with Crippen LogP contribution in [0.3, 0.4) is 0 Å². The third kappa shape index (κ3) is 3.46. The minimum Gasteiger partial charge on any atom is -0.386 e. The molecule has 0 saturated carbocycles. The van der Waals surface area contributed by atoms with Crippen molar-refractivity contribution in [2.45, 2.75) is 19.4 Å². The SMILES string of the molecule is CCc1nn(C)cc1C(=O)NCC(O)c1ccccc1F. The first kappa shape index (κ1) is 15.2. The van der Waals surface area contributed by atoms with Crippen LogP contribution in [-0.4, -0.2) is 27.3 Å². The Bertz CT molecular complexity index is 640. The highest BCUT2D eigenvalue weighted by Gasteiger charge is 2.17. The maximum atomic E-state index is 13.5. The van der Waals surface area contributed by atoms with E-state index < -0.39 is 11.9 Å². The molecule has 0 bridgehead atoms. The Kier molecular flexibility index (Phi) is 4.70. The molecule has 0 aliphatic rings. The summed E-state index contributed by atoms with van der Waals surface area (Å²) >= 11 is 0. The van der Waals surface area contributed by atoms with E-state index in [4.69, 9.17) is 0 Å². The Balaban J connectivity index is 2.02. The number of carbonyl (C=O) groups is 1. The summed E-state index contributed by atoms with van der Waals surface area (Å²) in [5, 5.41) is 16.7. The number of hydrogen-bond donors (Lipinski definition) is 2. The first-order chi connectivity index (χ1) is 10.0. The molecule has 1 atom stereocenters. The topological polar surface area (TPSA) is 67.2 Å². The van der Waals surface area contributed by atoms with Gasteiger partial charge in [-0.05, 0) is 12.5 Å². The van der Waals surface area contributed by atoms with Gasteiger partial charge in [0.15, 0.2) is 0 Å². The lowest BCUT2D eigenvalue weighted by atomic mass is 10.1. The maximum Gasteiger partial charge on any atom is 0.254 e. The number of rotatable bonds is 5. The Morgan fingerprint density at radius 1 is 1.48 bits per heavy atom. The lowest BCUT2D eigenvalue weighted by molar-refractivity contribution is 0.0913. The molecule has 0 spiro atoms. The van der Waals surface area contributed by atoms with Crippen molar-refractivity contribution in [3.8, 4) is 0 Å². The van der Waals surface area contributed by atoms with Crippen molar-refractivity contribution < 1.29 is 14.3 Å². The smallest absolute Gasteiger partial charge is 0.254 e. The van der Waals surface area contributed by atoms with Gasteiger partial charge >= 0.3 is 0 Å². The number of aliphatic hydroxyl groups is 1. The predicted octanol–water partition coefficient (Wildman–Crippen LogP) is 1.58. The summed E-state index contributed by atoms with van der Waals surface area (Å²) in [5.74, 6) is -0.815. The molecular formula is C15H18FN3O2. The summed E-state index contributed by atoms with van der Waals surface area (Å²) in [6.45, 7) is 1.85. The molecule has 21 heavy (non-hydrogen) atoms. The summed E-state index contributed by atoms with van der Waals surface area (Å²) < 4.78 is 15.1. The molecule has 0 aliphatic carbocycles. The van der Waals surface area contributed by atoms with Crippen LogP contribution in [-0.2, 0) is 13.5 Å². The highest BCUT2D eigenvalue weighted by Crippen LogP contribution is 2.16. The Hall–Kier alpha value is -2.21. The molecule has 0 radical (unpaired) electrons. The van der Waals surface area contributed by atoms with Crippen LogP contribution in [0.5, 0.6) is 0 Å². The molecule has 1 aromatic carbocycles. The number of carbonyl (C=O) groups excluding carboxylic acids is 1. The fourth-order valence-electron chi connectivity index (χ4n) is 2.13. The zero-order valence-electron chi connectivity index (χ0n) is 12.0. The van der Waals surface area contributed by atoms with E-state index in [-0.39, 0.29) is 18.0 Å². The van der Waals surface area contributed by atoms with Crippen molar-refractivity contribution >= 4 is 5.91 Å². The fourth-order valence-corrected chi connectivity index (χ4v) is 2.13. The van der Waals surface area contributed by atoms with Gasteiger partial charge in [-0.1, -0.05) is 25.1 Å². The lowest BCUT2D eigenvalue weighted by Crippen LogP contribution is -2.29. The number of aryl methyl sites for hydroxylation is 2. The number of hydrogen-bond acceptors (Lipinski definition) is 3. The van der Waals surface area contributed by atoms with Gasteiger partial charge in [-0.3, -0.25) is 9.48 Å². The van der Waals surface area contributed by atoms with Crippen molar-refractivity contribution in [3.63, 3.8) is 0 Å². The number of nitrogens with one attached hydrogen (secondary N) is 1. The van der Waals surface area contributed by atoms with Crippen molar-refractivity contribution in [1.29, 1.82) is 0 Å². The number of halogens is 1. The molecule has 1 unspecified atom stereocenters. The maximum absolute atomic E-state index is 13.5. The highest BCUT2D eigenvalue weighted by molar-refractivity contribution is 5.95. The normalized spacial score (nSPS) is 12.2. The summed E-state index contributed by atoms with van der Waals surface area (Å²) in [7, 11) is 1.74.